The molecule has 22 heavy (non-hydrogen) atoms. The smallest absolute Gasteiger partial charge is 0.339 e. The van der Waals surface area contributed by atoms with E-state index in [1.54, 1.807) is 19.1 Å². The molecule has 2 heterocycles. The van der Waals surface area contributed by atoms with E-state index >= 15 is 0 Å². The quantitative estimate of drug-likeness (QED) is 0.754. The van der Waals surface area contributed by atoms with Gasteiger partial charge in [-0.05, 0) is 19.1 Å². The molecule has 2 rings (SSSR count). The van der Waals surface area contributed by atoms with Crippen LogP contribution in [0.25, 0.3) is 0 Å². The molecule has 1 saturated heterocycles. The van der Waals surface area contributed by atoms with Gasteiger partial charge in [0, 0.05) is 12.7 Å². The van der Waals surface area contributed by atoms with E-state index in [-0.39, 0.29) is 24.4 Å². The van der Waals surface area contributed by atoms with E-state index < -0.39 is 5.97 Å². The Hall–Kier alpha value is -1.70. The number of carbonyl (C=O) groups is 2. The molecule has 1 aliphatic rings. The van der Waals surface area contributed by atoms with Gasteiger partial charge in [-0.1, -0.05) is 0 Å². The molecule has 0 spiro atoms. The monoisotopic (exact) mass is 329 g/mol. The zero-order valence-corrected chi connectivity index (χ0v) is 13.1. The van der Waals surface area contributed by atoms with Crippen molar-refractivity contribution in [2.75, 3.05) is 26.4 Å². The van der Waals surface area contributed by atoms with Gasteiger partial charge in [0.15, 0.2) is 0 Å². The van der Waals surface area contributed by atoms with Crippen molar-refractivity contribution in [1.82, 2.24) is 15.6 Å². The Labute approximate surface area is 135 Å². The second-order valence-corrected chi connectivity index (χ2v) is 4.56. The summed E-state index contributed by atoms with van der Waals surface area (Å²) in [4.78, 5) is 27.5. The van der Waals surface area contributed by atoms with Crippen LogP contribution < -0.4 is 10.6 Å². The van der Waals surface area contributed by atoms with E-state index in [0.29, 0.717) is 44.2 Å². The third kappa shape index (κ3) is 5.25. The molecule has 0 saturated carbocycles. The third-order valence-electron chi connectivity index (χ3n) is 3.02. The van der Waals surface area contributed by atoms with Crippen LogP contribution in [0.1, 0.15) is 23.0 Å². The predicted octanol–water partition coefficient (Wildman–Crippen LogP) is 0.285. The van der Waals surface area contributed by atoms with E-state index in [1.165, 1.54) is 6.20 Å². The van der Waals surface area contributed by atoms with Gasteiger partial charge in [-0.2, -0.15) is 0 Å². The average molecular weight is 330 g/mol. The van der Waals surface area contributed by atoms with Crippen LogP contribution in [0.3, 0.4) is 0 Å². The summed E-state index contributed by atoms with van der Waals surface area (Å²) in [6, 6.07) is 3.00. The summed E-state index contributed by atoms with van der Waals surface area (Å²) < 4.78 is 10.1. The van der Waals surface area contributed by atoms with E-state index in [9.17, 15) is 9.59 Å². The Bertz CT molecular complexity index is 489. The highest BCUT2D eigenvalue weighted by Crippen LogP contribution is 2.03. The summed E-state index contributed by atoms with van der Waals surface area (Å²) in [6.45, 7) is 4.05. The molecule has 8 heteroatoms. The number of halogens is 1. The number of nitrogens with zero attached hydrogens (tertiary/aromatic N) is 1. The molecule has 7 nitrogen and oxygen atoms in total. The summed E-state index contributed by atoms with van der Waals surface area (Å²) in [5.41, 5.74) is 1.07. The number of ether oxygens (including phenoxy) is 2. The van der Waals surface area contributed by atoms with Gasteiger partial charge in [0.25, 0.3) is 0 Å². The first kappa shape index (κ1) is 18.3. The number of pyridine rings is 1. The summed E-state index contributed by atoms with van der Waals surface area (Å²) >= 11 is 0. The van der Waals surface area contributed by atoms with Crippen molar-refractivity contribution in [3.8, 4) is 0 Å². The maximum Gasteiger partial charge on any atom is 0.339 e. The Balaban J connectivity index is 0.00000242. The molecule has 0 bridgehead atoms. The molecule has 1 amide bonds. The summed E-state index contributed by atoms with van der Waals surface area (Å²) in [5, 5.41) is 5.86. The second-order valence-electron chi connectivity index (χ2n) is 4.56. The zero-order valence-electron chi connectivity index (χ0n) is 12.3. The number of hydrogen-bond acceptors (Lipinski definition) is 6. The fraction of sp³-hybridized carbons (Fsp3) is 0.500. The van der Waals surface area contributed by atoms with Crippen molar-refractivity contribution < 1.29 is 19.1 Å². The van der Waals surface area contributed by atoms with Crippen molar-refractivity contribution in [2.24, 2.45) is 0 Å². The highest BCUT2D eigenvalue weighted by molar-refractivity contribution is 5.89. The largest absolute Gasteiger partial charge is 0.462 e. The van der Waals surface area contributed by atoms with E-state index in [4.69, 9.17) is 9.47 Å². The lowest BCUT2D eigenvalue weighted by molar-refractivity contribution is -0.126. The van der Waals surface area contributed by atoms with Gasteiger partial charge in [-0.15, -0.1) is 12.4 Å². The highest BCUT2D eigenvalue weighted by atomic mass is 35.5. The minimum atomic E-state index is -0.399. The molecule has 1 atom stereocenters. The predicted molar refractivity (Wildman–Crippen MR) is 81.9 cm³/mol. The molecule has 1 aromatic heterocycles. The fourth-order valence-corrected chi connectivity index (χ4v) is 1.90. The third-order valence-corrected chi connectivity index (χ3v) is 3.02. The van der Waals surface area contributed by atoms with Crippen LogP contribution in [0, 0.1) is 0 Å². The Morgan fingerprint density at radius 3 is 2.91 bits per heavy atom. The molecular formula is C14H20ClN3O4. The molecule has 0 radical (unpaired) electrons. The van der Waals surface area contributed by atoms with Crippen molar-refractivity contribution in [2.45, 2.75) is 19.5 Å². The van der Waals surface area contributed by atoms with Gasteiger partial charge < -0.3 is 20.1 Å². The van der Waals surface area contributed by atoms with Crippen molar-refractivity contribution in [3.05, 3.63) is 29.6 Å². The SMILES string of the molecule is CCOC(=O)c1ccc(CNC(=O)[C@H]2COCCN2)nc1.Cl. The van der Waals surface area contributed by atoms with Crippen LogP contribution in [0.4, 0.5) is 0 Å². The molecule has 1 fully saturated rings. The Kier molecular flexibility index (Phi) is 7.79. The minimum Gasteiger partial charge on any atom is -0.462 e. The van der Waals surface area contributed by atoms with Crippen LogP contribution in [-0.4, -0.2) is 49.3 Å². The summed E-state index contributed by atoms with van der Waals surface area (Å²) in [6.07, 6.45) is 1.45. The van der Waals surface area contributed by atoms with Gasteiger partial charge >= 0.3 is 5.97 Å². The summed E-state index contributed by atoms with van der Waals surface area (Å²) in [5.74, 6) is -0.518. The number of rotatable bonds is 5. The van der Waals surface area contributed by atoms with E-state index in [2.05, 4.69) is 15.6 Å². The first-order valence-corrected chi connectivity index (χ1v) is 6.91. The summed E-state index contributed by atoms with van der Waals surface area (Å²) in [7, 11) is 0. The minimum absolute atomic E-state index is 0. The van der Waals surface area contributed by atoms with Crippen molar-refractivity contribution in [1.29, 1.82) is 0 Å². The first-order chi connectivity index (χ1) is 10.2. The molecule has 122 valence electrons. The molecule has 0 unspecified atom stereocenters. The number of morpholine rings is 1. The van der Waals surface area contributed by atoms with E-state index in [1.807, 2.05) is 0 Å². The molecule has 0 aromatic carbocycles. The van der Waals surface area contributed by atoms with Gasteiger partial charge in [0.05, 0.1) is 37.6 Å². The number of nitrogens with one attached hydrogen (secondary N) is 2. The standard InChI is InChI=1S/C14H19N3O4.ClH/c1-2-21-14(19)10-3-4-11(16-7-10)8-17-13(18)12-9-20-6-5-15-12;/h3-4,7,12,15H,2,5-6,8-9H2,1H3,(H,17,18);1H/t12-;/m1./s1. The molecule has 0 aliphatic carbocycles. The topological polar surface area (TPSA) is 89.5 Å². The van der Waals surface area contributed by atoms with Crippen LogP contribution in [-0.2, 0) is 20.8 Å². The lowest BCUT2D eigenvalue weighted by Gasteiger charge is -2.22. The zero-order chi connectivity index (χ0) is 15.1. The first-order valence-electron chi connectivity index (χ1n) is 6.91. The molecular weight excluding hydrogens is 310 g/mol. The molecule has 1 aliphatic heterocycles. The number of amides is 1. The van der Waals surface area contributed by atoms with Gasteiger partial charge in [-0.3, -0.25) is 9.78 Å². The second kappa shape index (κ2) is 9.34. The Morgan fingerprint density at radius 2 is 2.32 bits per heavy atom. The van der Waals surface area contributed by atoms with Gasteiger partial charge in [0.2, 0.25) is 5.91 Å². The lowest BCUT2D eigenvalue weighted by atomic mass is 10.2. The van der Waals surface area contributed by atoms with Crippen LogP contribution >= 0.6 is 12.4 Å². The van der Waals surface area contributed by atoms with Crippen LogP contribution in [0.5, 0.6) is 0 Å². The fourth-order valence-electron chi connectivity index (χ4n) is 1.90. The van der Waals surface area contributed by atoms with Crippen molar-refractivity contribution >= 4 is 24.3 Å². The number of hydrogen-bond donors (Lipinski definition) is 2. The highest BCUT2D eigenvalue weighted by Gasteiger charge is 2.20. The van der Waals surface area contributed by atoms with E-state index in [0.717, 1.165) is 0 Å². The Morgan fingerprint density at radius 1 is 1.50 bits per heavy atom. The van der Waals surface area contributed by atoms with Crippen LogP contribution in [0.15, 0.2) is 18.3 Å². The van der Waals surface area contributed by atoms with Crippen molar-refractivity contribution in [3.63, 3.8) is 0 Å². The maximum absolute atomic E-state index is 11.9. The number of carbonyl (C=O) groups excluding carboxylic acids is 2. The van der Waals surface area contributed by atoms with Gasteiger partial charge in [-0.25, -0.2) is 4.79 Å². The maximum atomic E-state index is 11.9. The lowest BCUT2D eigenvalue weighted by Crippen LogP contribution is -2.51. The average Bonchev–Trinajstić information content (AvgIpc) is 2.54. The van der Waals surface area contributed by atoms with Gasteiger partial charge in [0.1, 0.15) is 6.04 Å². The normalized spacial score (nSPS) is 17.2. The number of esters is 1. The molecule has 1 aromatic rings. The molecule has 2 N–H and O–H groups in total. The van der Waals surface area contributed by atoms with Crippen LogP contribution in [0.2, 0.25) is 0 Å². The number of aromatic nitrogens is 1.